The number of quaternary nitrogens is 1. The van der Waals surface area contributed by atoms with Crippen molar-refractivity contribution in [2.75, 3.05) is 27.7 Å². The third kappa shape index (κ3) is 51.0. The van der Waals surface area contributed by atoms with Gasteiger partial charge in [-0.1, -0.05) is 110 Å². The first-order chi connectivity index (χ1) is 16.8. The van der Waals surface area contributed by atoms with Crippen LogP contribution in [-0.4, -0.2) is 46.3 Å². The molecule has 0 bridgehead atoms. The van der Waals surface area contributed by atoms with E-state index in [9.17, 15) is 8.02 Å². The summed E-state index contributed by atoms with van der Waals surface area (Å²) >= 11 is -2.62. The standard InChI is InChI=1S/C23H50N.C8H18O2Se.BrH.Na/c1-5-6-7-8-9-10-11-12-13-14-15-16-17-18-19-20-21-22-23-24(2,3)4;1-2-3-4-5-6-7-8-11(9)10;;/h5-23H2,1-4H3;2-8H2,1H3,(H,9,10);1H;/q+1;;;+1/p-2. The summed E-state index contributed by atoms with van der Waals surface area (Å²) in [4.78, 5) is 0. The van der Waals surface area contributed by atoms with Gasteiger partial charge in [-0.3, -0.25) is 0 Å². The van der Waals surface area contributed by atoms with Gasteiger partial charge in [-0.15, -0.1) is 0 Å². The Kier molecular flexibility index (Phi) is 46.6. The Morgan fingerprint density at radius 2 is 0.730 bits per heavy atom. The number of unbranched alkanes of at least 4 members (excludes halogenated alkanes) is 22. The molecule has 6 heteroatoms. The van der Waals surface area contributed by atoms with E-state index in [1.807, 2.05) is 0 Å². The van der Waals surface area contributed by atoms with E-state index in [1.54, 1.807) is 0 Å². The van der Waals surface area contributed by atoms with Crippen LogP contribution < -0.4 is 50.7 Å². The molecule has 0 aromatic carbocycles. The number of halogens is 1. The zero-order valence-corrected chi connectivity index (χ0v) is 31.7. The smallest absolute Gasteiger partial charge is 1.00 e. The molecule has 0 N–H and O–H groups in total. The van der Waals surface area contributed by atoms with E-state index in [0.717, 1.165) is 17.3 Å². The molecule has 0 amide bonds. The average molecular weight is 668 g/mol. The van der Waals surface area contributed by atoms with Crippen molar-refractivity contribution < 1.29 is 59.0 Å². The van der Waals surface area contributed by atoms with Crippen LogP contribution >= 0.6 is 0 Å². The van der Waals surface area contributed by atoms with Crippen LogP contribution in [0, 0.1) is 0 Å². The number of nitrogens with zero attached hydrogens (tertiary/aromatic N) is 1. The molecule has 0 aliphatic heterocycles. The molecule has 0 heterocycles. The first kappa shape index (κ1) is 45.7. The molecule has 37 heavy (non-hydrogen) atoms. The molecule has 1 unspecified atom stereocenters. The topological polar surface area (TPSA) is 40.1 Å². The van der Waals surface area contributed by atoms with Crippen LogP contribution in [0.4, 0.5) is 0 Å². The van der Waals surface area contributed by atoms with Crippen LogP contribution in [0.2, 0.25) is 5.32 Å². The van der Waals surface area contributed by atoms with E-state index in [0.29, 0.717) is 5.32 Å². The minimum atomic E-state index is -2.62. The Labute approximate surface area is 272 Å². The van der Waals surface area contributed by atoms with Crippen molar-refractivity contribution in [3.05, 3.63) is 0 Å². The van der Waals surface area contributed by atoms with Crippen LogP contribution in [0.5, 0.6) is 0 Å². The minimum absolute atomic E-state index is 0. The van der Waals surface area contributed by atoms with Gasteiger partial charge < -0.3 is 21.5 Å². The van der Waals surface area contributed by atoms with Gasteiger partial charge in [0.05, 0.1) is 27.7 Å². The van der Waals surface area contributed by atoms with Crippen LogP contribution in [-0.2, 0) is 3.83 Å². The molecule has 0 aromatic rings. The summed E-state index contributed by atoms with van der Waals surface area (Å²) in [5, 5.41) is 0.437. The summed E-state index contributed by atoms with van der Waals surface area (Å²) in [5.41, 5.74) is 0. The maximum atomic E-state index is 10.2. The molecule has 0 aromatic heterocycles. The number of rotatable bonds is 26. The Morgan fingerprint density at radius 3 is 0.973 bits per heavy atom. The third-order valence-electron chi connectivity index (χ3n) is 6.85. The van der Waals surface area contributed by atoms with Gasteiger partial charge in [-0.05, 0) is 12.8 Å². The fraction of sp³-hybridized carbons (Fsp3) is 1.00. The second-order valence-electron chi connectivity index (χ2n) is 11.8. The van der Waals surface area contributed by atoms with Gasteiger partial charge >= 0.3 is 103 Å². The van der Waals surface area contributed by atoms with E-state index in [2.05, 4.69) is 35.0 Å². The van der Waals surface area contributed by atoms with Crippen molar-refractivity contribution in [3.63, 3.8) is 0 Å². The maximum Gasteiger partial charge on any atom is 1.00 e. The molecule has 0 aliphatic rings. The Bertz CT molecular complexity index is 423. The molecule has 0 saturated heterocycles. The molecule has 0 aliphatic carbocycles. The van der Waals surface area contributed by atoms with Crippen molar-refractivity contribution in [3.8, 4) is 0 Å². The van der Waals surface area contributed by atoms with Gasteiger partial charge in [0.2, 0.25) is 0 Å². The first-order valence-electron chi connectivity index (χ1n) is 15.7. The van der Waals surface area contributed by atoms with Gasteiger partial charge in [0, 0.05) is 0 Å². The van der Waals surface area contributed by atoms with Crippen molar-refractivity contribution in [1.82, 2.24) is 0 Å². The maximum absolute atomic E-state index is 10.2. The van der Waals surface area contributed by atoms with E-state index in [-0.39, 0.29) is 46.5 Å². The van der Waals surface area contributed by atoms with E-state index in [1.165, 1.54) is 148 Å². The predicted molar refractivity (Wildman–Crippen MR) is 156 cm³/mol. The van der Waals surface area contributed by atoms with Gasteiger partial charge in [-0.2, -0.15) is 0 Å². The summed E-state index contributed by atoms with van der Waals surface area (Å²) in [6, 6.07) is 0. The van der Waals surface area contributed by atoms with Gasteiger partial charge in [0.1, 0.15) is 0 Å². The molecular formula is C31H67BrNNaO2Se. The summed E-state index contributed by atoms with van der Waals surface area (Å²) < 4.78 is 21.5. The van der Waals surface area contributed by atoms with Gasteiger partial charge in [-0.25, -0.2) is 0 Å². The van der Waals surface area contributed by atoms with Gasteiger partial charge in [0.15, 0.2) is 0 Å². The van der Waals surface area contributed by atoms with Crippen molar-refractivity contribution in [1.29, 1.82) is 0 Å². The van der Waals surface area contributed by atoms with Crippen LogP contribution in [0.1, 0.15) is 168 Å². The second kappa shape index (κ2) is 37.7. The summed E-state index contributed by atoms with van der Waals surface area (Å²) in [6.07, 6.45) is 33.3. The first-order valence-corrected chi connectivity index (χ1v) is 18.3. The van der Waals surface area contributed by atoms with Crippen molar-refractivity contribution >= 4 is 14.2 Å². The minimum Gasteiger partial charge on any atom is -1.00 e. The molecule has 0 radical (unpaired) electrons. The molecule has 0 saturated carbocycles. The monoisotopic (exact) mass is 667 g/mol. The third-order valence-corrected chi connectivity index (χ3v) is 8.15. The Morgan fingerprint density at radius 1 is 0.486 bits per heavy atom. The Balaban J connectivity index is -0.000000355. The molecule has 0 spiro atoms. The Hall–Kier alpha value is 1.72. The zero-order valence-electron chi connectivity index (χ0n) is 26.4. The van der Waals surface area contributed by atoms with E-state index < -0.39 is 14.2 Å². The summed E-state index contributed by atoms with van der Waals surface area (Å²) in [5.74, 6) is 0. The fourth-order valence-electron chi connectivity index (χ4n) is 4.49. The van der Waals surface area contributed by atoms with Crippen molar-refractivity contribution in [2.45, 2.75) is 173 Å². The normalized spacial score (nSPS) is 11.7. The number of hydrogen-bond acceptors (Lipinski definition) is 2. The molecule has 1 atom stereocenters. The quantitative estimate of drug-likeness (QED) is 0.0807. The largest absolute Gasteiger partial charge is 1.00 e. The van der Waals surface area contributed by atoms with Crippen LogP contribution in [0.15, 0.2) is 0 Å². The zero-order chi connectivity index (χ0) is 26.5. The van der Waals surface area contributed by atoms with Gasteiger partial charge in [0.25, 0.3) is 0 Å². The summed E-state index contributed by atoms with van der Waals surface area (Å²) in [6.45, 7) is 5.81. The van der Waals surface area contributed by atoms with Crippen LogP contribution in [0.25, 0.3) is 0 Å². The number of hydrogen-bond donors (Lipinski definition) is 0. The summed E-state index contributed by atoms with van der Waals surface area (Å²) in [7, 11) is 6.90. The van der Waals surface area contributed by atoms with Crippen molar-refractivity contribution in [2.24, 2.45) is 0 Å². The predicted octanol–water partition coefficient (Wildman–Crippen LogP) is 3.37. The average Bonchev–Trinajstić information content (AvgIpc) is 2.80. The molecule has 222 valence electrons. The molecule has 0 fully saturated rings. The van der Waals surface area contributed by atoms with E-state index in [4.69, 9.17) is 0 Å². The van der Waals surface area contributed by atoms with E-state index >= 15 is 0 Å². The fourth-order valence-corrected chi connectivity index (χ4v) is 5.41. The molecule has 3 nitrogen and oxygen atoms in total. The molecular weight excluding hydrogens is 600 g/mol. The second-order valence-corrected chi connectivity index (χ2v) is 13.9. The van der Waals surface area contributed by atoms with Crippen LogP contribution in [0.3, 0.4) is 0 Å². The SMILES string of the molecule is CCCCCCCCCCCCCCCCCCCC[N+](C)(C)C.CCCCCCCC[Se](=O)[O-].[Br-].[Na+]. The molecule has 0 rings (SSSR count).